The lowest BCUT2D eigenvalue weighted by molar-refractivity contribution is -0.117. The molecule has 1 amide bonds. The van der Waals surface area contributed by atoms with E-state index in [0.29, 0.717) is 17.9 Å². The van der Waals surface area contributed by atoms with E-state index in [9.17, 15) is 9.59 Å². The van der Waals surface area contributed by atoms with Gasteiger partial charge in [-0.2, -0.15) is 0 Å². The molecule has 1 aromatic carbocycles. The zero-order chi connectivity index (χ0) is 12.8. The number of hydrogen-bond acceptors (Lipinski definition) is 4. The van der Waals surface area contributed by atoms with Crippen LogP contribution in [-0.2, 0) is 9.53 Å². The first-order valence-electron chi connectivity index (χ1n) is 5.38. The molecule has 3 N–H and O–H groups in total. The molecule has 0 saturated heterocycles. The number of carbonyl (C=O) groups is 2. The number of rotatable bonds is 4. The minimum Gasteiger partial charge on any atom is -0.462 e. The largest absolute Gasteiger partial charge is 0.462 e. The SMILES string of the molecule is CCOC(=O)c1ccc(NC(=O)C(C)N)cc1.Cl. The van der Waals surface area contributed by atoms with Gasteiger partial charge in [0.15, 0.2) is 0 Å². The van der Waals surface area contributed by atoms with Crippen LogP contribution in [0.25, 0.3) is 0 Å². The molecule has 0 spiro atoms. The van der Waals surface area contributed by atoms with Gasteiger partial charge in [0.2, 0.25) is 5.91 Å². The Morgan fingerprint density at radius 2 is 1.89 bits per heavy atom. The van der Waals surface area contributed by atoms with Gasteiger partial charge in [-0.05, 0) is 38.1 Å². The first-order valence-corrected chi connectivity index (χ1v) is 5.38. The second kappa shape index (κ2) is 7.68. The summed E-state index contributed by atoms with van der Waals surface area (Å²) in [5, 5.41) is 2.62. The summed E-state index contributed by atoms with van der Waals surface area (Å²) in [5.41, 5.74) is 6.46. The minimum atomic E-state index is -0.570. The van der Waals surface area contributed by atoms with E-state index in [1.807, 2.05) is 0 Å². The van der Waals surface area contributed by atoms with Gasteiger partial charge >= 0.3 is 5.97 Å². The molecule has 0 aliphatic rings. The number of benzene rings is 1. The Morgan fingerprint density at radius 1 is 1.33 bits per heavy atom. The fourth-order valence-electron chi connectivity index (χ4n) is 1.16. The van der Waals surface area contributed by atoms with Crippen LogP contribution in [0.4, 0.5) is 5.69 Å². The normalized spacial score (nSPS) is 11.1. The number of nitrogens with two attached hydrogens (primary N) is 1. The van der Waals surface area contributed by atoms with Gasteiger partial charge in [-0.3, -0.25) is 4.79 Å². The van der Waals surface area contributed by atoms with Crippen molar-refractivity contribution in [2.75, 3.05) is 11.9 Å². The lowest BCUT2D eigenvalue weighted by Crippen LogP contribution is -2.32. The molecule has 6 heteroatoms. The summed E-state index contributed by atoms with van der Waals surface area (Å²) in [7, 11) is 0. The highest BCUT2D eigenvalue weighted by Gasteiger charge is 2.09. The van der Waals surface area contributed by atoms with E-state index in [2.05, 4.69) is 5.32 Å². The van der Waals surface area contributed by atoms with Crippen molar-refractivity contribution in [1.29, 1.82) is 0 Å². The number of esters is 1. The van der Waals surface area contributed by atoms with Crippen molar-refractivity contribution in [1.82, 2.24) is 0 Å². The first-order chi connectivity index (χ1) is 8.04. The molecule has 0 fully saturated rings. The van der Waals surface area contributed by atoms with Gasteiger partial charge in [0.25, 0.3) is 0 Å². The highest BCUT2D eigenvalue weighted by Crippen LogP contribution is 2.10. The summed E-state index contributed by atoms with van der Waals surface area (Å²) in [4.78, 5) is 22.7. The smallest absolute Gasteiger partial charge is 0.338 e. The highest BCUT2D eigenvalue weighted by molar-refractivity contribution is 5.95. The van der Waals surface area contributed by atoms with E-state index in [0.717, 1.165) is 0 Å². The second-order valence-electron chi connectivity index (χ2n) is 3.58. The van der Waals surface area contributed by atoms with E-state index in [-0.39, 0.29) is 24.3 Å². The van der Waals surface area contributed by atoms with Crippen molar-refractivity contribution in [2.45, 2.75) is 19.9 Å². The van der Waals surface area contributed by atoms with Gasteiger partial charge in [0, 0.05) is 5.69 Å². The van der Waals surface area contributed by atoms with Crippen LogP contribution in [0.3, 0.4) is 0 Å². The first kappa shape index (κ1) is 16.4. The Hall–Kier alpha value is -1.59. The number of ether oxygens (including phenoxy) is 1. The van der Waals surface area contributed by atoms with Crippen molar-refractivity contribution in [3.05, 3.63) is 29.8 Å². The third-order valence-corrected chi connectivity index (χ3v) is 2.08. The molecule has 1 rings (SSSR count). The molecular formula is C12H17ClN2O3. The summed E-state index contributed by atoms with van der Waals surface area (Å²) in [6, 6.07) is 5.88. The third kappa shape index (κ3) is 4.73. The zero-order valence-corrected chi connectivity index (χ0v) is 11.1. The summed E-state index contributed by atoms with van der Waals surface area (Å²) in [6.45, 7) is 3.68. The van der Waals surface area contributed by atoms with Gasteiger partial charge in [-0.1, -0.05) is 0 Å². The second-order valence-corrected chi connectivity index (χ2v) is 3.58. The van der Waals surface area contributed by atoms with Crippen LogP contribution in [0.5, 0.6) is 0 Å². The van der Waals surface area contributed by atoms with Crippen molar-refractivity contribution in [3.8, 4) is 0 Å². The molecule has 0 heterocycles. The summed E-state index contributed by atoms with van der Waals surface area (Å²) < 4.78 is 4.84. The number of nitrogens with one attached hydrogen (secondary N) is 1. The Balaban J connectivity index is 0.00000289. The van der Waals surface area contributed by atoms with E-state index in [1.165, 1.54) is 0 Å². The molecule has 0 aliphatic heterocycles. The van der Waals surface area contributed by atoms with Gasteiger partial charge in [0.1, 0.15) is 0 Å². The Labute approximate surface area is 112 Å². The van der Waals surface area contributed by atoms with Crippen LogP contribution in [0.1, 0.15) is 24.2 Å². The maximum atomic E-state index is 11.4. The standard InChI is InChI=1S/C12H16N2O3.ClH/c1-3-17-12(16)9-4-6-10(7-5-9)14-11(15)8(2)13;/h4-8H,3,13H2,1-2H3,(H,14,15);1H. The monoisotopic (exact) mass is 272 g/mol. The Morgan fingerprint density at radius 3 is 2.33 bits per heavy atom. The van der Waals surface area contributed by atoms with E-state index in [1.54, 1.807) is 38.1 Å². The lowest BCUT2D eigenvalue weighted by Gasteiger charge is -2.08. The van der Waals surface area contributed by atoms with E-state index < -0.39 is 6.04 Å². The average Bonchev–Trinajstić information content (AvgIpc) is 2.30. The van der Waals surface area contributed by atoms with Crippen molar-refractivity contribution < 1.29 is 14.3 Å². The quantitative estimate of drug-likeness (QED) is 0.815. The van der Waals surface area contributed by atoms with Crippen molar-refractivity contribution >= 4 is 30.0 Å². The fraction of sp³-hybridized carbons (Fsp3) is 0.333. The molecule has 1 unspecified atom stereocenters. The number of carbonyl (C=O) groups excluding carboxylic acids is 2. The summed E-state index contributed by atoms with van der Waals surface area (Å²) >= 11 is 0. The molecule has 1 aromatic rings. The third-order valence-electron chi connectivity index (χ3n) is 2.08. The predicted octanol–water partition coefficient (Wildman–Crippen LogP) is 1.57. The van der Waals surface area contributed by atoms with Crippen molar-refractivity contribution in [3.63, 3.8) is 0 Å². The Kier molecular flexibility index (Phi) is 7.00. The molecule has 0 aliphatic carbocycles. The molecule has 0 radical (unpaired) electrons. The van der Waals surface area contributed by atoms with E-state index in [4.69, 9.17) is 10.5 Å². The number of anilines is 1. The lowest BCUT2D eigenvalue weighted by atomic mass is 10.2. The minimum absolute atomic E-state index is 0. The van der Waals surface area contributed by atoms with Gasteiger partial charge in [0.05, 0.1) is 18.2 Å². The maximum absolute atomic E-state index is 11.4. The molecule has 0 saturated carbocycles. The van der Waals surface area contributed by atoms with Crippen molar-refractivity contribution in [2.24, 2.45) is 5.73 Å². The van der Waals surface area contributed by atoms with Crippen LogP contribution in [-0.4, -0.2) is 24.5 Å². The van der Waals surface area contributed by atoms with E-state index >= 15 is 0 Å². The summed E-state index contributed by atoms with van der Waals surface area (Å²) in [5.74, 6) is -0.647. The van der Waals surface area contributed by atoms with Gasteiger partial charge in [-0.15, -0.1) is 12.4 Å². The molecule has 18 heavy (non-hydrogen) atoms. The van der Waals surface area contributed by atoms with Gasteiger partial charge in [-0.25, -0.2) is 4.79 Å². The molecule has 0 aromatic heterocycles. The number of hydrogen-bond donors (Lipinski definition) is 2. The topological polar surface area (TPSA) is 81.4 Å². The molecule has 0 bridgehead atoms. The number of halogens is 1. The van der Waals surface area contributed by atoms with Crippen LogP contribution in [0.15, 0.2) is 24.3 Å². The molecule has 5 nitrogen and oxygen atoms in total. The van der Waals surface area contributed by atoms with Crippen LogP contribution in [0.2, 0.25) is 0 Å². The predicted molar refractivity (Wildman–Crippen MR) is 71.9 cm³/mol. The highest BCUT2D eigenvalue weighted by atomic mass is 35.5. The molecular weight excluding hydrogens is 256 g/mol. The van der Waals surface area contributed by atoms with Gasteiger partial charge < -0.3 is 15.8 Å². The molecule has 1 atom stereocenters. The van der Waals surface area contributed by atoms with Crippen LogP contribution in [0, 0.1) is 0 Å². The maximum Gasteiger partial charge on any atom is 0.338 e. The fourth-order valence-corrected chi connectivity index (χ4v) is 1.16. The zero-order valence-electron chi connectivity index (χ0n) is 10.3. The molecule has 100 valence electrons. The number of amides is 1. The average molecular weight is 273 g/mol. The Bertz CT molecular complexity index is 404. The van der Waals surface area contributed by atoms with Crippen LogP contribution < -0.4 is 11.1 Å². The summed E-state index contributed by atoms with van der Waals surface area (Å²) in [6.07, 6.45) is 0. The van der Waals surface area contributed by atoms with Crippen LogP contribution >= 0.6 is 12.4 Å².